The van der Waals surface area contributed by atoms with Crippen molar-refractivity contribution in [1.82, 2.24) is 15.3 Å². The fraction of sp³-hybridized carbons (Fsp3) is 0.467. The van der Waals surface area contributed by atoms with Gasteiger partial charge in [0.25, 0.3) is 0 Å². The molecular weight excluding hydrogens is 270 g/mol. The Morgan fingerprint density at radius 3 is 2.65 bits per heavy atom. The molecule has 108 valence electrons. The Labute approximate surface area is 123 Å². The number of hydrogen-bond acceptors (Lipinski definition) is 5. The third-order valence-electron chi connectivity index (χ3n) is 3.73. The zero-order valence-corrected chi connectivity index (χ0v) is 12.8. The Kier molecular flexibility index (Phi) is 5.23. The second-order valence-corrected chi connectivity index (χ2v) is 5.96. The van der Waals surface area contributed by atoms with E-state index in [0.29, 0.717) is 0 Å². The zero-order valence-electron chi connectivity index (χ0n) is 12.0. The smallest absolute Gasteiger partial charge is 0.142 e. The second kappa shape index (κ2) is 6.92. The summed E-state index contributed by atoms with van der Waals surface area (Å²) < 4.78 is 0. The molecule has 0 aromatic carbocycles. The third kappa shape index (κ3) is 3.42. The van der Waals surface area contributed by atoms with E-state index in [0.717, 1.165) is 35.0 Å². The van der Waals surface area contributed by atoms with Crippen LogP contribution in [0.3, 0.4) is 0 Å². The highest BCUT2D eigenvalue weighted by Gasteiger charge is 2.24. The number of nitrogens with zero attached hydrogens (tertiary/aromatic N) is 2. The van der Waals surface area contributed by atoms with E-state index in [4.69, 9.17) is 0 Å². The highest BCUT2D eigenvalue weighted by Crippen LogP contribution is 2.24. The molecule has 20 heavy (non-hydrogen) atoms. The van der Waals surface area contributed by atoms with Crippen LogP contribution in [0.15, 0.2) is 30.6 Å². The van der Waals surface area contributed by atoms with Crippen molar-refractivity contribution in [2.24, 2.45) is 0 Å². The van der Waals surface area contributed by atoms with Crippen molar-refractivity contribution in [3.63, 3.8) is 0 Å². The Morgan fingerprint density at radius 1 is 1.25 bits per heavy atom. The van der Waals surface area contributed by atoms with Crippen LogP contribution in [-0.4, -0.2) is 27.2 Å². The van der Waals surface area contributed by atoms with Gasteiger partial charge in [-0.05, 0) is 25.0 Å². The summed E-state index contributed by atoms with van der Waals surface area (Å²) >= 11 is 1.64. The minimum Gasteiger partial charge on any atom is -0.394 e. The van der Waals surface area contributed by atoms with Gasteiger partial charge in [0.2, 0.25) is 0 Å². The van der Waals surface area contributed by atoms with Gasteiger partial charge in [-0.3, -0.25) is 4.98 Å². The fourth-order valence-corrected chi connectivity index (χ4v) is 2.88. The lowest BCUT2D eigenvalue weighted by Gasteiger charge is -2.30. The summed E-state index contributed by atoms with van der Waals surface area (Å²) in [5.41, 5.74) is 0.720. The van der Waals surface area contributed by atoms with E-state index in [1.54, 1.807) is 17.5 Å². The van der Waals surface area contributed by atoms with Crippen LogP contribution in [0.2, 0.25) is 0 Å². The molecule has 5 heteroatoms. The van der Waals surface area contributed by atoms with Gasteiger partial charge in [-0.25, -0.2) is 4.98 Å². The van der Waals surface area contributed by atoms with Crippen molar-refractivity contribution in [2.45, 2.75) is 38.8 Å². The molecule has 2 N–H and O–H groups in total. The first-order valence-corrected chi connectivity index (χ1v) is 7.76. The number of nitrogens with one attached hydrogen (secondary N) is 1. The Bertz CT molecular complexity index is 515. The van der Waals surface area contributed by atoms with Crippen LogP contribution in [-0.2, 0) is 6.54 Å². The fourth-order valence-electron chi connectivity index (χ4n) is 2.05. The Morgan fingerprint density at radius 2 is 2.05 bits per heavy atom. The highest BCUT2D eigenvalue weighted by atomic mass is 32.1. The van der Waals surface area contributed by atoms with Crippen LogP contribution >= 0.6 is 11.3 Å². The van der Waals surface area contributed by atoms with Gasteiger partial charge in [-0.1, -0.05) is 19.9 Å². The summed E-state index contributed by atoms with van der Waals surface area (Å²) in [5, 5.41) is 14.0. The van der Waals surface area contributed by atoms with E-state index in [9.17, 15) is 5.11 Å². The number of thiazole rings is 1. The molecule has 0 aliphatic heterocycles. The van der Waals surface area contributed by atoms with Crippen LogP contribution in [0.4, 0.5) is 0 Å². The zero-order chi connectivity index (χ0) is 14.4. The summed E-state index contributed by atoms with van der Waals surface area (Å²) in [5.74, 6) is 0. The average Bonchev–Trinajstić information content (AvgIpc) is 2.99. The predicted octanol–water partition coefficient (Wildman–Crippen LogP) is 2.85. The Hall–Kier alpha value is -1.30. The molecule has 2 heterocycles. The van der Waals surface area contributed by atoms with E-state index in [1.807, 2.05) is 24.4 Å². The molecule has 2 rings (SSSR count). The van der Waals surface area contributed by atoms with Crippen LogP contribution in [0.1, 0.15) is 31.6 Å². The third-order valence-corrected chi connectivity index (χ3v) is 4.75. The summed E-state index contributed by atoms with van der Waals surface area (Å²) in [6.07, 6.45) is 5.48. The molecule has 0 spiro atoms. The van der Waals surface area contributed by atoms with Crippen LogP contribution in [0.5, 0.6) is 0 Å². The van der Waals surface area contributed by atoms with Crippen molar-refractivity contribution >= 4 is 11.3 Å². The van der Waals surface area contributed by atoms with Gasteiger partial charge in [0, 0.05) is 29.4 Å². The molecule has 0 radical (unpaired) electrons. The summed E-state index contributed by atoms with van der Waals surface area (Å²) in [6.45, 7) is 5.08. The molecular formula is C15H21N3OS. The Balaban J connectivity index is 2.03. The largest absolute Gasteiger partial charge is 0.394 e. The topological polar surface area (TPSA) is 58.0 Å². The minimum atomic E-state index is -0.185. The first kappa shape index (κ1) is 15.1. The van der Waals surface area contributed by atoms with Crippen molar-refractivity contribution in [3.05, 3.63) is 35.5 Å². The first-order chi connectivity index (χ1) is 9.73. The predicted molar refractivity (Wildman–Crippen MR) is 82.6 cm³/mol. The molecule has 4 nitrogen and oxygen atoms in total. The van der Waals surface area contributed by atoms with Gasteiger partial charge in [-0.2, -0.15) is 0 Å². The van der Waals surface area contributed by atoms with Gasteiger partial charge in [-0.15, -0.1) is 11.3 Å². The summed E-state index contributed by atoms with van der Waals surface area (Å²) in [6, 6.07) is 5.83. The van der Waals surface area contributed by atoms with E-state index in [-0.39, 0.29) is 12.1 Å². The molecule has 0 saturated heterocycles. The molecule has 0 saturated carbocycles. The SMILES string of the molecule is CCC(CC)(CO)NCc1cnc(-c2ccccn2)s1. The summed E-state index contributed by atoms with van der Waals surface area (Å²) in [7, 11) is 0. The van der Waals surface area contributed by atoms with Crippen LogP contribution in [0, 0.1) is 0 Å². The molecule has 0 bridgehead atoms. The van der Waals surface area contributed by atoms with Gasteiger partial charge in [0.15, 0.2) is 0 Å². The standard InChI is InChI=1S/C15H21N3OS/c1-3-15(4-2,11-19)18-10-12-9-17-14(20-12)13-7-5-6-8-16-13/h5-9,18-19H,3-4,10-11H2,1-2H3. The number of aromatic nitrogens is 2. The lowest BCUT2D eigenvalue weighted by atomic mass is 9.94. The quantitative estimate of drug-likeness (QED) is 0.823. The molecule has 2 aromatic heterocycles. The number of hydrogen-bond donors (Lipinski definition) is 2. The molecule has 0 aliphatic rings. The van der Waals surface area contributed by atoms with Crippen molar-refractivity contribution in [1.29, 1.82) is 0 Å². The first-order valence-electron chi connectivity index (χ1n) is 6.95. The van der Waals surface area contributed by atoms with Gasteiger partial charge in [0.1, 0.15) is 5.01 Å². The lowest BCUT2D eigenvalue weighted by Crippen LogP contribution is -2.46. The molecule has 0 fully saturated rings. The van der Waals surface area contributed by atoms with Crippen molar-refractivity contribution in [3.8, 4) is 10.7 Å². The van der Waals surface area contributed by atoms with E-state index in [1.165, 1.54) is 0 Å². The minimum absolute atomic E-state index is 0.159. The van der Waals surface area contributed by atoms with Crippen LogP contribution < -0.4 is 5.32 Å². The number of rotatable bonds is 7. The molecule has 0 amide bonds. The van der Waals surface area contributed by atoms with Crippen molar-refractivity contribution in [2.75, 3.05) is 6.61 Å². The van der Waals surface area contributed by atoms with E-state index < -0.39 is 0 Å². The molecule has 2 aromatic rings. The molecule has 0 atom stereocenters. The maximum atomic E-state index is 9.55. The maximum Gasteiger partial charge on any atom is 0.142 e. The van der Waals surface area contributed by atoms with Gasteiger partial charge < -0.3 is 10.4 Å². The van der Waals surface area contributed by atoms with Crippen molar-refractivity contribution < 1.29 is 5.11 Å². The van der Waals surface area contributed by atoms with Crippen LogP contribution in [0.25, 0.3) is 10.7 Å². The second-order valence-electron chi connectivity index (χ2n) is 4.85. The van der Waals surface area contributed by atoms with E-state index >= 15 is 0 Å². The van der Waals surface area contributed by atoms with Gasteiger partial charge >= 0.3 is 0 Å². The summed E-state index contributed by atoms with van der Waals surface area (Å²) in [4.78, 5) is 9.88. The van der Waals surface area contributed by atoms with Gasteiger partial charge in [0.05, 0.1) is 12.3 Å². The maximum absolute atomic E-state index is 9.55. The number of pyridine rings is 1. The average molecular weight is 291 g/mol. The number of aliphatic hydroxyl groups excluding tert-OH is 1. The highest BCUT2D eigenvalue weighted by molar-refractivity contribution is 7.14. The monoisotopic (exact) mass is 291 g/mol. The number of aliphatic hydroxyl groups is 1. The van der Waals surface area contributed by atoms with E-state index in [2.05, 4.69) is 29.1 Å². The lowest BCUT2D eigenvalue weighted by molar-refractivity contribution is 0.150. The molecule has 0 unspecified atom stereocenters. The molecule has 0 aliphatic carbocycles. The normalized spacial score (nSPS) is 11.8.